The van der Waals surface area contributed by atoms with Gasteiger partial charge in [-0.15, -0.1) is 0 Å². The molecule has 0 saturated heterocycles. The average molecular weight is 540 g/mol. The quantitative estimate of drug-likeness (QED) is 0.0918. The van der Waals surface area contributed by atoms with Crippen molar-refractivity contribution < 1.29 is 34.8 Å². The number of rotatable bonds is 16. The van der Waals surface area contributed by atoms with Gasteiger partial charge in [0, 0.05) is 23.6 Å². The van der Waals surface area contributed by atoms with Crippen LogP contribution in [0.2, 0.25) is 0 Å². The minimum Gasteiger partial charge on any atom is -0.504 e. The number of nitrogens with one attached hydrogen (secondary N) is 1. The van der Waals surface area contributed by atoms with Gasteiger partial charge in [0.2, 0.25) is 0 Å². The van der Waals surface area contributed by atoms with E-state index in [1.807, 2.05) is 0 Å². The number of hydrogen-bond acceptors (Lipinski definition) is 7. The molecule has 0 aliphatic carbocycles. The van der Waals surface area contributed by atoms with Crippen molar-refractivity contribution in [3.63, 3.8) is 0 Å². The minimum atomic E-state index is -1.35. The van der Waals surface area contributed by atoms with Crippen LogP contribution in [-0.4, -0.2) is 54.3 Å². The molecule has 0 aliphatic rings. The molecule has 39 heavy (non-hydrogen) atoms. The van der Waals surface area contributed by atoms with Crippen LogP contribution in [-0.2, 0) is 16.0 Å². The zero-order chi connectivity index (χ0) is 28.4. The fourth-order valence-electron chi connectivity index (χ4n) is 4.61. The molecule has 0 unspecified atom stereocenters. The number of carboxylic acid groups (broad SMARTS) is 2. The van der Waals surface area contributed by atoms with Gasteiger partial charge in [-0.1, -0.05) is 58.3 Å². The van der Waals surface area contributed by atoms with Gasteiger partial charge in [0.25, 0.3) is 5.91 Å². The average Bonchev–Trinajstić information content (AvgIpc) is 2.90. The van der Waals surface area contributed by atoms with Crippen LogP contribution in [0, 0.1) is 0 Å². The number of hydrogen-bond donors (Lipinski definition) is 5. The highest BCUT2D eigenvalue weighted by Gasteiger charge is 2.22. The highest BCUT2D eigenvalue weighted by molar-refractivity contribution is 6.00. The fraction of sp³-hybridized carbons (Fsp3) is 0.483. The number of unbranched alkanes of at least 4 members (excludes halogenated alkanes) is 8. The van der Waals surface area contributed by atoms with Crippen LogP contribution in [0.25, 0.3) is 22.1 Å². The van der Waals surface area contributed by atoms with Crippen molar-refractivity contribution in [2.45, 2.75) is 90.0 Å². The van der Waals surface area contributed by atoms with E-state index in [0.717, 1.165) is 19.3 Å². The first-order valence-corrected chi connectivity index (χ1v) is 13.6. The summed E-state index contributed by atoms with van der Waals surface area (Å²) in [4.78, 5) is 44.1. The number of fused-ring (bicyclic) bond motifs is 2. The number of phenols is 2. The zero-order valence-electron chi connectivity index (χ0n) is 22.3. The summed E-state index contributed by atoms with van der Waals surface area (Å²) in [6.45, 7) is 2.21. The molecule has 1 atom stereocenters. The van der Waals surface area contributed by atoms with Crippen LogP contribution in [0.1, 0.15) is 93.5 Å². The van der Waals surface area contributed by atoms with E-state index < -0.39 is 30.3 Å². The van der Waals surface area contributed by atoms with Crippen molar-refractivity contribution in [1.29, 1.82) is 0 Å². The molecule has 10 heteroatoms. The van der Waals surface area contributed by atoms with E-state index in [-0.39, 0.29) is 23.5 Å². The van der Waals surface area contributed by atoms with Crippen LogP contribution in [0.4, 0.5) is 0 Å². The van der Waals surface area contributed by atoms with Gasteiger partial charge >= 0.3 is 11.9 Å². The number of aromatic nitrogens is 2. The van der Waals surface area contributed by atoms with Crippen LogP contribution in [0.3, 0.4) is 0 Å². The summed E-state index contributed by atoms with van der Waals surface area (Å²) in [6, 6.07) is 4.49. The van der Waals surface area contributed by atoms with Gasteiger partial charge in [-0.2, -0.15) is 0 Å². The Bertz CT molecular complexity index is 1330. The molecule has 10 nitrogen and oxygen atoms in total. The molecule has 5 N–H and O–H groups in total. The number of carbonyl (C=O) groups is 3. The topological polar surface area (TPSA) is 170 Å². The van der Waals surface area contributed by atoms with Crippen molar-refractivity contribution in [1.82, 2.24) is 15.3 Å². The van der Waals surface area contributed by atoms with Gasteiger partial charge in [-0.25, -0.2) is 14.8 Å². The molecule has 3 rings (SSSR count). The highest BCUT2D eigenvalue weighted by Crippen LogP contribution is 2.36. The second kappa shape index (κ2) is 14.3. The van der Waals surface area contributed by atoms with E-state index >= 15 is 0 Å². The Balaban J connectivity index is 1.74. The van der Waals surface area contributed by atoms with Crippen LogP contribution in [0.15, 0.2) is 24.3 Å². The first-order chi connectivity index (χ1) is 18.7. The predicted octanol–water partition coefficient (Wildman–Crippen LogP) is 5.32. The number of carbonyl (C=O) groups excluding carboxylic acids is 1. The molecule has 1 amide bonds. The Kier molecular flexibility index (Phi) is 10.8. The largest absolute Gasteiger partial charge is 0.504 e. The summed E-state index contributed by atoms with van der Waals surface area (Å²) in [5.74, 6) is -3.66. The molecular formula is C29H37N3O7. The van der Waals surface area contributed by atoms with Crippen molar-refractivity contribution >= 4 is 39.9 Å². The lowest BCUT2D eigenvalue weighted by Crippen LogP contribution is -2.41. The van der Waals surface area contributed by atoms with Crippen molar-refractivity contribution in [2.24, 2.45) is 0 Å². The maximum Gasteiger partial charge on any atom is 0.326 e. The zero-order valence-corrected chi connectivity index (χ0v) is 22.3. The molecule has 0 spiro atoms. The smallest absolute Gasteiger partial charge is 0.326 e. The molecule has 1 heterocycles. The SMILES string of the molecule is CCCCCCCCCCCc1c(O)c(O)cc2nc3cc(C(=O)N[C@H](CCC(=O)O)C(=O)O)ccc3nc12. The number of nitrogens with zero attached hydrogens (tertiary/aromatic N) is 2. The molecule has 0 saturated carbocycles. The van der Waals surface area contributed by atoms with Crippen molar-refractivity contribution in [2.75, 3.05) is 0 Å². The number of aliphatic carboxylic acids is 2. The number of aromatic hydroxyl groups is 2. The molecule has 0 radical (unpaired) electrons. The van der Waals surface area contributed by atoms with Crippen molar-refractivity contribution in [3.05, 3.63) is 35.4 Å². The van der Waals surface area contributed by atoms with Crippen LogP contribution in [0.5, 0.6) is 11.5 Å². The predicted molar refractivity (Wildman–Crippen MR) is 147 cm³/mol. The van der Waals surface area contributed by atoms with Gasteiger partial charge in [-0.3, -0.25) is 9.59 Å². The molecule has 210 valence electrons. The number of amides is 1. The van der Waals surface area contributed by atoms with Gasteiger partial charge < -0.3 is 25.7 Å². The summed E-state index contributed by atoms with van der Waals surface area (Å²) < 4.78 is 0. The van der Waals surface area contributed by atoms with E-state index in [1.165, 1.54) is 56.7 Å². The molecule has 0 aliphatic heterocycles. The molecule has 0 bridgehead atoms. The first-order valence-electron chi connectivity index (χ1n) is 13.6. The summed E-state index contributed by atoms with van der Waals surface area (Å²) in [6.07, 6.45) is 10.3. The summed E-state index contributed by atoms with van der Waals surface area (Å²) in [5.41, 5.74) is 2.34. The molecule has 1 aromatic heterocycles. The van der Waals surface area contributed by atoms with Gasteiger partial charge in [-0.05, 0) is 37.5 Å². The third-order valence-corrected chi connectivity index (χ3v) is 6.82. The summed E-state index contributed by atoms with van der Waals surface area (Å²) in [7, 11) is 0. The minimum absolute atomic E-state index is 0.135. The fourth-order valence-corrected chi connectivity index (χ4v) is 4.61. The number of benzene rings is 2. The third-order valence-electron chi connectivity index (χ3n) is 6.82. The van der Waals surface area contributed by atoms with Crippen LogP contribution < -0.4 is 5.32 Å². The van der Waals surface area contributed by atoms with Gasteiger partial charge in [0.05, 0.1) is 22.1 Å². The Morgan fingerprint density at radius 1 is 0.846 bits per heavy atom. The monoisotopic (exact) mass is 539 g/mol. The van der Waals surface area contributed by atoms with Crippen molar-refractivity contribution in [3.8, 4) is 11.5 Å². The summed E-state index contributed by atoms with van der Waals surface area (Å²) >= 11 is 0. The number of aryl methyl sites for hydroxylation is 1. The summed E-state index contributed by atoms with van der Waals surface area (Å²) in [5, 5.41) is 41.4. The third kappa shape index (κ3) is 8.27. The Morgan fingerprint density at radius 2 is 1.51 bits per heavy atom. The standard InChI is InChI=1S/C29H37N3O7/c1-2-3-4-5-6-7-8-9-10-11-19-26-23(17-24(33)27(19)36)30-22-16-18(12-13-20(22)31-26)28(37)32-21(29(38)39)14-15-25(34)35/h12-13,16-17,21,33,36H,2-11,14-15H2,1H3,(H,32,37)(H,34,35)(H,38,39)/t21-/m1/s1. The highest BCUT2D eigenvalue weighted by atomic mass is 16.4. The van der Waals surface area contributed by atoms with E-state index in [1.54, 1.807) is 6.07 Å². The van der Waals surface area contributed by atoms with Gasteiger partial charge in [0.1, 0.15) is 6.04 Å². The molecule has 3 aromatic rings. The number of phenolic OH excluding ortho intramolecular Hbond substituents is 2. The molecule has 2 aromatic carbocycles. The van der Waals surface area contributed by atoms with E-state index in [9.17, 15) is 29.7 Å². The maximum atomic E-state index is 12.7. The number of carboxylic acids is 2. The Hall–Kier alpha value is -3.95. The second-order valence-electron chi connectivity index (χ2n) is 9.89. The molecule has 0 fully saturated rings. The van der Waals surface area contributed by atoms with Gasteiger partial charge in [0.15, 0.2) is 11.5 Å². The van der Waals surface area contributed by atoms with Crippen LogP contribution >= 0.6 is 0 Å². The lowest BCUT2D eigenvalue weighted by atomic mass is 10.0. The maximum absolute atomic E-state index is 12.7. The van der Waals surface area contributed by atoms with E-state index in [4.69, 9.17) is 5.11 Å². The van der Waals surface area contributed by atoms with E-state index in [0.29, 0.717) is 34.1 Å². The molecular weight excluding hydrogens is 502 g/mol. The Morgan fingerprint density at radius 3 is 2.15 bits per heavy atom. The normalized spacial score (nSPS) is 12.0. The van der Waals surface area contributed by atoms with E-state index in [2.05, 4.69) is 22.2 Å². The first kappa shape index (κ1) is 29.6. The lowest BCUT2D eigenvalue weighted by Gasteiger charge is -2.14. The second-order valence-corrected chi connectivity index (χ2v) is 9.89. The lowest BCUT2D eigenvalue weighted by molar-refractivity contribution is -0.140. The Labute approximate surface area is 227 Å².